The van der Waals surface area contributed by atoms with E-state index in [0.29, 0.717) is 18.1 Å². The summed E-state index contributed by atoms with van der Waals surface area (Å²) in [4.78, 5) is 16.1. The van der Waals surface area contributed by atoms with E-state index in [1.165, 1.54) is 6.92 Å². The van der Waals surface area contributed by atoms with E-state index in [9.17, 15) is 4.79 Å². The first kappa shape index (κ1) is 18.7. The number of carbonyl (C=O) groups excluding carboxylic acids is 1. The lowest BCUT2D eigenvalue weighted by atomic mass is 10.1. The highest BCUT2D eigenvalue weighted by Crippen LogP contribution is 2.26. The van der Waals surface area contributed by atoms with Crippen LogP contribution in [0.4, 0.5) is 0 Å². The molecule has 0 aliphatic rings. The Balaban J connectivity index is 1.69. The number of nitrogens with zero attached hydrogens (tertiary/aromatic N) is 3. The van der Waals surface area contributed by atoms with Crippen molar-refractivity contribution in [3.63, 3.8) is 0 Å². The topological polar surface area (TPSA) is 70.2 Å². The molecule has 1 atom stereocenters. The molecule has 0 saturated carbocycles. The molecule has 0 aliphatic heterocycles. The Morgan fingerprint density at radius 3 is 2.71 bits per heavy atom. The Labute approximate surface area is 175 Å². The molecule has 0 aliphatic carbocycles. The van der Waals surface area contributed by atoms with Gasteiger partial charge in [0.1, 0.15) is 5.69 Å². The SMILES string of the molecule is CC(=O)O[C@@H](C)c1nc2ccccc2n1Cc1cc(-c2ccc(I)cc2)on1. The summed E-state index contributed by atoms with van der Waals surface area (Å²) in [6, 6.07) is 17.8. The fourth-order valence-electron chi connectivity index (χ4n) is 3.17. The normalized spacial score (nSPS) is 12.2. The van der Waals surface area contributed by atoms with Gasteiger partial charge in [-0.05, 0) is 53.8 Å². The maximum Gasteiger partial charge on any atom is 0.303 e. The highest BCUT2D eigenvalue weighted by molar-refractivity contribution is 14.1. The van der Waals surface area contributed by atoms with Gasteiger partial charge in [-0.15, -0.1) is 0 Å². The van der Waals surface area contributed by atoms with Crippen LogP contribution in [0.2, 0.25) is 0 Å². The van der Waals surface area contributed by atoms with Crippen molar-refractivity contribution >= 4 is 39.6 Å². The van der Waals surface area contributed by atoms with E-state index in [2.05, 4.69) is 32.7 Å². The van der Waals surface area contributed by atoms with Gasteiger partial charge in [0.05, 0.1) is 17.6 Å². The van der Waals surface area contributed by atoms with Gasteiger partial charge >= 0.3 is 5.97 Å². The van der Waals surface area contributed by atoms with Crippen molar-refractivity contribution in [2.45, 2.75) is 26.5 Å². The first-order valence-electron chi connectivity index (χ1n) is 8.85. The molecule has 2 heterocycles. The summed E-state index contributed by atoms with van der Waals surface area (Å²) in [7, 11) is 0. The number of imidazole rings is 1. The van der Waals surface area contributed by atoms with Crippen molar-refractivity contribution in [3.8, 4) is 11.3 Å². The summed E-state index contributed by atoms with van der Waals surface area (Å²) < 4.78 is 14.1. The zero-order valence-corrected chi connectivity index (χ0v) is 17.6. The second-order valence-corrected chi connectivity index (χ2v) is 7.73. The zero-order valence-electron chi connectivity index (χ0n) is 15.4. The Bertz CT molecular complexity index is 1130. The van der Waals surface area contributed by atoms with Crippen LogP contribution < -0.4 is 0 Å². The number of para-hydroxylation sites is 2. The third-order valence-corrected chi connectivity index (χ3v) is 5.12. The first-order valence-corrected chi connectivity index (χ1v) is 9.93. The van der Waals surface area contributed by atoms with Gasteiger partial charge in [-0.3, -0.25) is 4.79 Å². The number of carbonyl (C=O) groups is 1. The van der Waals surface area contributed by atoms with Crippen molar-refractivity contribution in [1.82, 2.24) is 14.7 Å². The Morgan fingerprint density at radius 1 is 1.21 bits per heavy atom. The van der Waals surface area contributed by atoms with Gasteiger partial charge in [-0.1, -0.05) is 29.4 Å². The minimum Gasteiger partial charge on any atom is -0.455 e. The standard InChI is InChI=1S/C21H18IN3O3/c1-13(27-14(2)26)21-23-18-5-3-4-6-19(18)25(21)12-17-11-20(28-24-17)15-7-9-16(22)10-8-15/h3-11,13H,12H2,1-2H3/t13-/m0/s1. The molecule has 0 N–H and O–H groups in total. The van der Waals surface area contributed by atoms with Crippen LogP contribution in [0.5, 0.6) is 0 Å². The predicted molar refractivity (Wildman–Crippen MR) is 114 cm³/mol. The lowest BCUT2D eigenvalue weighted by Gasteiger charge is -2.13. The third-order valence-electron chi connectivity index (χ3n) is 4.40. The molecule has 0 radical (unpaired) electrons. The van der Waals surface area contributed by atoms with E-state index in [0.717, 1.165) is 25.9 Å². The highest BCUT2D eigenvalue weighted by Gasteiger charge is 2.20. The molecule has 0 saturated heterocycles. The summed E-state index contributed by atoms with van der Waals surface area (Å²) in [6.07, 6.45) is -0.465. The van der Waals surface area contributed by atoms with Crippen molar-refractivity contribution in [2.24, 2.45) is 0 Å². The molecule has 0 unspecified atom stereocenters. The fraction of sp³-hybridized carbons (Fsp3) is 0.190. The predicted octanol–water partition coefficient (Wildman–Crippen LogP) is 4.97. The quantitative estimate of drug-likeness (QED) is 0.294. The van der Waals surface area contributed by atoms with E-state index in [1.807, 2.05) is 66.1 Å². The summed E-state index contributed by atoms with van der Waals surface area (Å²) in [6.45, 7) is 3.68. The van der Waals surface area contributed by atoms with E-state index in [4.69, 9.17) is 9.26 Å². The van der Waals surface area contributed by atoms with Crippen LogP contribution in [-0.2, 0) is 16.1 Å². The third kappa shape index (κ3) is 3.80. The average Bonchev–Trinajstić information content (AvgIpc) is 3.28. The molecule has 6 nitrogen and oxygen atoms in total. The van der Waals surface area contributed by atoms with Crippen LogP contribution in [0.3, 0.4) is 0 Å². The second kappa shape index (κ2) is 7.75. The molecule has 0 fully saturated rings. The van der Waals surface area contributed by atoms with Crippen LogP contribution >= 0.6 is 22.6 Å². The number of ether oxygens (including phenoxy) is 1. The molecular weight excluding hydrogens is 469 g/mol. The molecule has 7 heteroatoms. The Kier molecular flexibility index (Phi) is 5.17. The van der Waals surface area contributed by atoms with Crippen LogP contribution in [0, 0.1) is 3.57 Å². The second-order valence-electron chi connectivity index (χ2n) is 6.49. The van der Waals surface area contributed by atoms with Gasteiger partial charge in [-0.25, -0.2) is 4.98 Å². The maximum absolute atomic E-state index is 11.4. The monoisotopic (exact) mass is 487 g/mol. The molecule has 142 valence electrons. The van der Waals surface area contributed by atoms with Crippen LogP contribution in [0.15, 0.2) is 59.1 Å². The number of fused-ring (bicyclic) bond motifs is 1. The summed E-state index contributed by atoms with van der Waals surface area (Å²) in [5, 5.41) is 4.22. The minimum atomic E-state index is -0.465. The van der Waals surface area contributed by atoms with Crippen LogP contribution in [-0.4, -0.2) is 20.7 Å². The van der Waals surface area contributed by atoms with Gasteiger partial charge in [0, 0.05) is 22.1 Å². The molecule has 4 rings (SSSR count). The molecule has 28 heavy (non-hydrogen) atoms. The lowest BCUT2D eigenvalue weighted by molar-refractivity contribution is -0.146. The lowest BCUT2D eigenvalue weighted by Crippen LogP contribution is -2.13. The van der Waals surface area contributed by atoms with Gasteiger partial charge < -0.3 is 13.8 Å². The fourth-order valence-corrected chi connectivity index (χ4v) is 3.53. The molecule has 0 bridgehead atoms. The van der Waals surface area contributed by atoms with Crippen molar-refractivity contribution in [2.75, 3.05) is 0 Å². The summed E-state index contributed by atoms with van der Waals surface area (Å²) >= 11 is 2.27. The smallest absolute Gasteiger partial charge is 0.303 e. The van der Waals surface area contributed by atoms with Crippen molar-refractivity contribution in [1.29, 1.82) is 0 Å². The van der Waals surface area contributed by atoms with E-state index in [-0.39, 0.29) is 5.97 Å². The molecule has 2 aromatic heterocycles. The summed E-state index contributed by atoms with van der Waals surface area (Å²) in [5.41, 5.74) is 3.55. The van der Waals surface area contributed by atoms with E-state index in [1.54, 1.807) is 0 Å². The Morgan fingerprint density at radius 2 is 1.96 bits per heavy atom. The number of esters is 1. The number of rotatable bonds is 5. The minimum absolute atomic E-state index is 0.339. The molecular formula is C21H18IN3O3. The van der Waals surface area contributed by atoms with E-state index < -0.39 is 6.10 Å². The van der Waals surface area contributed by atoms with Gasteiger partial charge in [0.25, 0.3) is 0 Å². The largest absolute Gasteiger partial charge is 0.455 e. The van der Waals surface area contributed by atoms with Gasteiger partial charge in [0.15, 0.2) is 17.7 Å². The number of aromatic nitrogens is 3. The number of benzene rings is 2. The zero-order chi connectivity index (χ0) is 19.7. The highest BCUT2D eigenvalue weighted by atomic mass is 127. The molecule has 2 aromatic carbocycles. The molecule has 4 aromatic rings. The number of halogens is 1. The molecule has 0 amide bonds. The number of hydrogen-bond donors (Lipinski definition) is 0. The van der Waals surface area contributed by atoms with Crippen molar-refractivity contribution in [3.05, 3.63) is 69.7 Å². The Hall–Kier alpha value is -2.68. The maximum atomic E-state index is 11.4. The number of hydrogen-bond acceptors (Lipinski definition) is 5. The van der Waals surface area contributed by atoms with Crippen molar-refractivity contribution < 1.29 is 14.1 Å². The average molecular weight is 487 g/mol. The summed E-state index contributed by atoms with van der Waals surface area (Å²) in [5.74, 6) is 1.05. The molecule has 0 spiro atoms. The first-order chi connectivity index (χ1) is 13.5. The van der Waals surface area contributed by atoms with Crippen LogP contribution in [0.25, 0.3) is 22.4 Å². The van der Waals surface area contributed by atoms with Gasteiger partial charge in [0.2, 0.25) is 0 Å². The van der Waals surface area contributed by atoms with E-state index >= 15 is 0 Å². The van der Waals surface area contributed by atoms with Crippen LogP contribution in [0.1, 0.15) is 31.5 Å². The van der Waals surface area contributed by atoms with Gasteiger partial charge in [-0.2, -0.15) is 0 Å².